The van der Waals surface area contributed by atoms with Gasteiger partial charge in [0.05, 0.1) is 12.2 Å². The van der Waals surface area contributed by atoms with Gasteiger partial charge in [0.15, 0.2) is 0 Å². The van der Waals surface area contributed by atoms with Gasteiger partial charge in [-0.1, -0.05) is 6.07 Å². The van der Waals surface area contributed by atoms with Gasteiger partial charge in [0.1, 0.15) is 11.0 Å². The van der Waals surface area contributed by atoms with Gasteiger partial charge in [-0.25, -0.2) is 4.79 Å². The van der Waals surface area contributed by atoms with Crippen molar-refractivity contribution in [3.63, 3.8) is 0 Å². The van der Waals surface area contributed by atoms with Crippen LogP contribution in [-0.4, -0.2) is 18.5 Å². The molecule has 0 bridgehead atoms. The van der Waals surface area contributed by atoms with E-state index in [1.807, 2.05) is 11.4 Å². The van der Waals surface area contributed by atoms with E-state index < -0.39 is 12.0 Å². The Morgan fingerprint density at radius 3 is 2.80 bits per heavy atom. The first-order valence-electron chi connectivity index (χ1n) is 5.98. The molecule has 0 aromatic carbocycles. The summed E-state index contributed by atoms with van der Waals surface area (Å²) in [4.78, 5) is 24.6. The van der Waals surface area contributed by atoms with Crippen molar-refractivity contribution in [1.29, 1.82) is 0 Å². The van der Waals surface area contributed by atoms with Crippen LogP contribution >= 0.6 is 22.7 Å². The maximum atomic E-state index is 12.1. The number of hydrogen-bond donors (Lipinski definition) is 2. The molecule has 5 nitrogen and oxygen atoms in total. The lowest BCUT2D eigenvalue weighted by Crippen LogP contribution is -2.27. The van der Waals surface area contributed by atoms with E-state index in [0.717, 1.165) is 4.88 Å². The molecule has 2 aromatic heterocycles. The fraction of sp³-hybridized carbons (Fsp3) is 0.231. The van der Waals surface area contributed by atoms with Gasteiger partial charge in [0, 0.05) is 4.88 Å². The highest BCUT2D eigenvalue weighted by Crippen LogP contribution is 2.26. The molecule has 0 saturated heterocycles. The quantitative estimate of drug-likeness (QED) is 0.832. The number of thiophene rings is 2. The van der Waals surface area contributed by atoms with Gasteiger partial charge in [-0.15, -0.1) is 22.7 Å². The second-order valence-corrected chi connectivity index (χ2v) is 5.76. The van der Waals surface area contributed by atoms with Crippen LogP contribution in [0.3, 0.4) is 0 Å². The number of ether oxygens (including phenoxy) is 1. The SMILES string of the molecule is CCOC(=O)c1ccsc1NC(=O)C(N)c1cccs1. The summed E-state index contributed by atoms with van der Waals surface area (Å²) < 4.78 is 4.93. The van der Waals surface area contributed by atoms with E-state index in [9.17, 15) is 9.59 Å². The minimum atomic E-state index is -0.743. The van der Waals surface area contributed by atoms with Crippen LogP contribution in [0.25, 0.3) is 0 Å². The Morgan fingerprint density at radius 2 is 2.15 bits per heavy atom. The van der Waals surface area contributed by atoms with Gasteiger partial charge in [-0.05, 0) is 29.8 Å². The van der Waals surface area contributed by atoms with E-state index in [1.165, 1.54) is 22.7 Å². The van der Waals surface area contributed by atoms with Gasteiger partial charge in [0.2, 0.25) is 5.91 Å². The number of nitrogens with two attached hydrogens (primary N) is 1. The molecule has 0 spiro atoms. The highest BCUT2D eigenvalue weighted by atomic mass is 32.1. The first-order valence-corrected chi connectivity index (χ1v) is 7.74. The molecule has 2 aromatic rings. The molecule has 7 heteroatoms. The van der Waals surface area contributed by atoms with Gasteiger partial charge >= 0.3 is 5.97 Å². The second-order valence-electron chi connectivity index (χ2n) is 3.87. The van der Waals surface area contributed by atoms with Crippen LogP contribution in [0.4, 0.5) is 5.00 Å². The van der Waals surface area contributed by atoms with Gasteiger partial charge < -0.3 is 15.8 Å². The minimum absolute atomic E-state index is 0.288. The lowest BCUT2D eigenvalue weighted by atomic mass is 10.2. The third kappa shape index (κ3) is 3.24. The average Bonchev–Trinajstić information content (AvgIpc) is 3.09. The number of hydrogen-bond acceptors (Lipinski definition) is 6. The van der Waals surface area contributed by atoms with Crippen molar-refractivity contribution < 1.29 is 14.3 Å². The van der Waals surface area contributed by atoms with Crippen molar-refractivity contribution in [3.05, 3.63) is 39.4 Å². The molecule has 0 radical (unpaired) electrons. The maximum absolute atomic E-state index is 12.1. The van der Waals surface area contributed by atoms with Gasteiger partial charge in [-0.2, -0.15) is 0 Å². The van der Waals surface area contributed by atoms with Crippen LogP contribution < -0.4 is 11.1 Å². The van der Waals surface area contributed by atoms with E-state index in [1.54, 1.807) is 24.4 Å². The minimum Gasteiger partial charge on any atom is -0.462 e. The molecule has 0 saturated carbocycles. The predicted molar refractivity (Wildman–Crippen MR) is 80.2 cm³/mol. The largest absolute Gasteiger partial charge is 0.462 e. The molecule has 1 atom stereocenters. The van der Waals surface area contributed by atoms with Crippen LogP contribution in [0.2, 0.25) is 0 Å². The van der Waals surface area contributed by atoms with Crippen molar-refractivity contribution in [3.8, 4) is 0 Å². The topological polar surface area (TPSA) is 81.4 Å². The van der Waals surface area contributed by atoms with Crippen molar-refractivity contribution in [2.24, 2.45) is 5.73 Å². The first-order chi connectivity index (χ1) is 9.63. The fourth-order valence-corrected chi connectivity index (χ4v) is 3.07. The monoisotopic (exact) mass is 310 g/mol. The molecule has 1 unspecified atom stereocenters. The zero-order chi connectivity index (χ0) is 14.5. The number of nitrogens with one attached hydrogen (secondary N) is 1. The third-order valence-corrected chi connectivity index (χ3v) is 4.31. The second kappa shape index (κ2) is 6.65. The van der Waals surface area contributed by atoms with E-state index in [4.69, 9.17) is 10.5 Å². The summed E-state index contributed by atoms with van der Waals surface area (Å²) in [5, 5.41) is 6.72. The van der Waals surface area contributed by atoms with Crippen LogP contribution in [0.1, 0.15) is 28.2 Å². The number of carbonyl (C=O) groups excluding carboxylic acids is 2. The zero-order valence-electron chi connectivity index (χ0n) is 10.8. The zero-order valence-corrected chi connectivity index (χ0v) is 12.4. The number of carbonyl (C=O) groups is 2. The molecule has 0 aliphatic heterocycles. The number of esters is 1. The van der Waals surface area contributed by atoms with Gasteiger partial charge in [-0.3, -0.25) is 4.79 Å². The summed E-state index contributed by atoms with van der Waals surface area (Å²) in [5.41, 5.74) is 6.22. The summed E-state index contributed by atoms with van der Waals surface area (Å²) in [7, 11) is 0. The highest BCUT2D eigenvalue weighted by Gasteiger charge is 2.21. The van der Waals surface area contributed by atoms with Crippen LogP contribution in [0.15, 0.2) is 29.0 Å². The molecule has 106 valence electrons. The molecule has 20 heavy (non-hydrogen) atoms. The number of anilines is 1. The predicted octanol–water partition coefficient (Wildman–Crippen LogP) is 2.62. The summed E-state index contributed by atoms with van der Waals surface area (Å²) >= 11 is 2.68. The van der Waals surface area contributed by atoms with Crippen molar-refractivity contribution >= 4 is 39.6 Å². The fourth-order valence-electron chi connectivity index (χ4n) is 1.56. The Kier molecular flexibility index (Phi) is 4.89. The molecular formula is C13H14N2O3S2. The lowest BCUT2D eigenvalue weighted by Gasteiger charge is -2.10. The summed E-state index contributed by atoms with van der Waals surface area (Å²) in [6.45, 7) is 2.02. The molecule has 2 heterocycles. The van der Waals surface area contributed by atoms with E-state index in [0.29, 0.717) is 10.6 Å². The molecule has 1 amide bonds. The Hall–Kier alpha value is -1.70. The molecular weight excluding hydrogens is 296 g/mol. The first kappa shape index (κ1) is 14.7. The molecule has 2 rings (SSSR count). The van der Waals surface area contributed by atoms with Crippen molar-refractivity contribution in [2.75, 3.05) is 11.9 Å². The van der Waals surface area contributed by atoms with Crippen molar-refractivity contribution in [1.82, 2.24) is 0 Å². The standard InChI is InChI=1S/C13H14N2O3S2/c1-2-18-13(17)8-5-7-20-12(8)15-11(16)10(14)9-4-3-6-19-9/h3-7,10H,2,14H2,1H3,(H,15,16). The van der Waals surface area contributed by atoms with Crippen LogP contribution in [-0.2, 0) is 9.53 Å². The molecule has 0 aliphatic carbocycles. The average molecular weight is 310 g/mol. The van der Waals surface area contributed by atoms with Crippen LogP contribution in [0.5, 0.6) is 0 Å². The maximum Gasteiger partial charge on any atom is 0.341 e. The molecule has 0 aliphatic rings. The van der Waals surface area contributed by atoms with Crippen molar-refractivity contribution in [2.45, 2.75) is 13.0 Å². The summed E-state index contributed by atoms with van der Waals surface area (Å²) in [5.74, 6) is -0.797. The van der Waals surface area contributed by atoms with E-state index >= 15 is 0 Å². The normalized spacial score (nSPS) is 11.9. The van der Waals surface area contributed by atoms with Crippen LogP contribution in [0, 0.1) is 0 Å². The Labute approximate surface area is 124 Å². The third-order valence-electron chi connectivity index (χ3n) is 2.53. The smallest absolute Gasteiger partial charge is 0.341 e. The lowest BCUT2D eigenvalue weighted by molar-refractivity contribution is -0.117. The Balaban J connectivity index is 2.09. The molecule has 0 fully saturated rings. The summed E-state index contributed by atoms with van der Waals surface area (Å²) in [6.07, 6.45) is 0. The highest BCUT2D eigenvalue weighted by molar-refractivity contribution is 7.14. The Morgan fingerprint density at radius 1 is 1.35 bits per heavy atom. The van der Waals surface area contributed by atoms with Gasteiger partial charge in [0.25, 0.3) is 0 Å². The van der Waals surface area contributed by atoms with E-state index in [-0.39, 0.29) is 12.5 Å². The number of amides is 1. The van der Waals surface area contributed by atoms with E-state index in [2.05, 4.69) is 5.32 Å². The summed E-state index contributed by atoms with van der Waals surface area (Å²) in [6, 6.07) is 4.51. The Bertz CT molecular complexity index is 593. The molecule has 3 N–H and O–H groups in total. The number of rotatable bonds is 5.